The van der Waals surface area contributed by atoms with Gasteiger partial charge in [0.25, 0.3) is 0 Å². The lowest BCUT2D eigenvalue weighted by molar-refractivity contribution is 0.0724. The molecule has 0 amide bonds. The monoisotopic (exact) mass is 509 g/mol. The average molecular weight is 509 g/mol. The third kappa shape index (κ3) is 9.36. The summed E-state index contributed by atoms with van der Waals surface area (Å²) in [6.45, 7) is 5.33. The van der Waals surface area contributed by atoms with Crippen molar-refractivity contribution >= 4 is 41.7 Å². The van der Waals surface area contributed by atoms with Crippen LogP contribution in [0.5, 0.6) is 5.75 Å². The molecule has 0 radical (unpaired) electrons. The van der Waals surface area contributed by atoms with Gasteiger partial charge in [-0.05, 0) is 43.2 Å². The van der Waals surface area contributed by atoms with Gasteiger partial charge in [0, 0.05) is 32.1 Å². The van der Waals surface area contributed by atoms with Gasteiger partial charge in [-0.1, -0.05) is 12.1 Å². The Hall–Kier alpha value is -0.710. The second-order valence-corrected chi connectivity index (χ2v) is 7.48. The van der Waals surface area contributed by atoms with E-state index in [2.05, 4.69) is 15.6 Å². The molecule has 1 saturated heterocycles. The summed E-state index contributed by atoms with van der Waals surface area (Å²) in [7, 11) is 1.66. The molecule has 0 saturated carbocycles. The van der Waals surface area contributed by atoms with Crippen molar-refractivity contribution in [1.82, 2.24) is 10.6 Å². The van der Waals surface area contributed by atoms with Gasteiger partial charge < -0.3 is 25.2 Å². The SMILES string of the molecule is CCOCCCNC(=NCc1ccc(OC)cc1)NCC1(O)CCSC1.I. The maximum atomic E-state index is 10.5. The molecule has 0 spiro atoms. The van der Waals surface area contributed by atoms with Crippen LogP contribution in [-0.4, -0.2) is 61.6 Å². The summed E-state index contributed by atoms with van der Waals surface area (Å²) in [6.07, 6.45) is 1.73. The normalized spacial score (nSPS) is 19.4. The van der Waals surface area contributed by atoms with E-state index in [-0.39, 0.29) is 24.0 Å². The molecule has 1 aliphatic heterocycles. The lowest BCUT2D eigenvalue weighted by atomic mass is 10.0. The molecule has 0 aromatic heterocycles. The molecule has 8 heteroatoms. The van der Waals surface area contributed by atoms with Gasteiger partial charge in [0.15, 0.2) is 5.96 Å². The molecule has 6 nitrogen and oxygen atoms in total. The first-order valence-electron chi connectivity index (χ1n) is 9.18. The van der Waals surface area contributed by atoms with E-state index < -0.39 is 5.60 Å². The second-order valence-electron chi connectivity index (χ2n) is 6.37. The second kappa shape index (κ2) is 13.5. The van der Waals surface area contributed by atoms with Gasteiger partial charge in [-0.25, -0.2) is 4.99 Å². The van der Waals surface area contributed by atoms with Crippen LogP contribution in [0.1, 0.15) is 25.3 Å². The quantitative estimate of drug-likeness (QED) is 0.195. The Morgan fingerprint density at radius 3 is 2.70 bits per heavy atom. The zero-order valence-corrected chi connectivity index (χ0v) is 19.3. The summed E-state index contributed by atoms with van der Waals surface area (Å²) in [5.74, 6) is 3.35. The summed E-state index contributed by atoms with van der Waals surface area (Å²) in [5, 5.41) is 17.1. The fourth-order valence-electron chi connectivity index (χ4n) is 2.59. The van der Waals surface area contributed by atoms with E-state index in [9.17, 15) is 5.11 Å². The molecule has 1 aromatic carbocycles. The minimum Gasteiger partial charge on any atom is -0.497 e. The van der Waals surface area contributed by atoms with Crippen molar-refractivity contribution in [3.8, 4) is 5.75 Å². The number of benzene rings is 1. The minimum atomic E-state index is -0.640. The maximum Gasteiger partial charge on any atom is 0.191 e. The number of halogens is 1. The first-order valence-corrected chi connectivity index (χ1v) is 10.3. The lowest BCUT2D eigenvalue weighted by Gasteiger charge is -2.23. The number of ether oxygens (including phenoxy) is 2. The van der Waals surface area contributed by atoms with Crippen molar-refractivity contribution in [2.45, 2.75) is 31.9 Å². The number of aliphatic imine (C=N–C) groups is 1. The number of aliphatic hydroxyl groups is 1. The molecule has 3 N–H and O–H groups in total. The topological polar surface area (TPSA) is 75.1 Å². The van der Waals surface area contributed by atoms with E-state index in [1.54, 1.807) is 18.9 Å². The average Bonchev–Trinajstić information content (AvgIpc) is 3.10. The minimum absolute atomic E-state index is 0. The van der Waals surface area contributed by atoms with E-state index >= 15 is 0 Å². The van der Waals surface area contributed by atoms with Crippen molar-refractivity contribution in [2.75, 3.05) is 44.9 Å². The van der Waals surface area contributed by atoms with E-state index in [0.717, 1.165) is 61.4 Å². The summed E-state index contributed by atoms with van der Waals surface area (Å²) in [4.78, 5) is 4.65. The Morgan fingerprint density at radius 2 is 2.07 bits per heavy atom. The number of methoxy groups -OCH3 is 1. The molecule has 154 valence electrons. The first kappa shape index (κ1) is 24.3. The van der Waals surface area contributed by atoms with Crippen LogP contribution in [0.15, 0.2) is 29.3 Å². The Morgan fingerprint density at radius 1 is 1.30 bits per heavy atom. The molecule has 1 heterocycles. The summed E-state index contributed by atoms with van der Waals surface area (Å²) in [5.41, 5.74) is 0.467. The highest BCUT2D eigenvalue weighted by molar-refractivity contribution is 14.0. The number of rotatable bonds is 10. The number of thioether (sulfide) groups is 1. The molecular weight excluding hydrogens is 477 g/mol. The zero-order chi connectivity index (χ0) is 18.7. The van der Waals surface area contributed by atoms with Gasteiger partial charge in [0.2, 0.25) is 0 Å². The van der Waals surface area contributed by atoms with Gasteiger partial charge in [0.1, 0.15) is 5.75 Å². The van der Waals surface area contributed by atoms with Crippen molar-refractivity contribution in [3.63, 3.8) is 0 Å². The summed E-state index contributed by atoms with van der Waals surface area (Å²) < 4.78 is 10.6. The van der Waals surface area contributed by atoms with Gasteiger partial charge >= 0.3 is 0 Å². The van der Waals surface area contributed by atoms with Crippen LogP contribution >= 0.6 is 35.7 Å². The Balaban J connectivity index is 0.00000364. The van der Waals surface area contributed by atoms with Crippen molar-refractivity contribution in [3.05, 3.63) is 29.8 Å². The van der Waals surface area contributed by atoms with Crippen molar-refractivity contribution < 1.29 is 14.6 Å². The van der Waals surface area contributed by atoms with Crippen molar-refractivity contribution in [1.29, 1.82) is 0 Å². The predicted molar refractivity (Wildman–Crippen MR) is 124 cm³/mol. The van der Waals surface area contributed by atoms with E-state index in [1.807, 2.05) is 31.2 Å². The van der Waals surface area contributed by atoms with Crippen LogP contribution < -0.4 is 15.4 Å². The number of nitrogens with one attached hydrogen (secondary N) is 2. The van der Waals surface area contributed by atoms with E-state index in [1.165, 1.54) is 0 Å². The van der Waals surface area contributed by atoms with Gasteiger partial charge in [-0.3, -0.25) is 0 Å². The van der Waals surface area contributed by atoms with Gasteiger partial charge in [-0.15, -0.1) is 24.0 Å². The Kier molecular flexibility index (Phi) is 12.1. The number of nitrogens with zero attached hydrogens (tertiary/aromatic N) is 1. The number of hydrogen-bond acceptors (Lipinski definition) is 5. The third-order valence-corrected chi connectivity index (χ3v) is 5.44. The van der Waals surface area contributed by atoms with Crippen LogP contribution in [0, 0.1) is 0 Å². The van der Waals surface area contributed by atoms with Crippen LogP contribution in [-0.2, 0) is 11.3 Å². The Labute approximate surface area is 183 Å². The molecule has 0 aliphatic carbocycles. The summed E-state index contributed by atoms with van der Waals surface area (Å²) in [6, 6.07) is 7.89. The molecule has 2 rings (SSSR count). The highest BCUT2D eigenvalue weighted by atomic mass is 127. The summed E-state index contributed by atoms with van der Waals surface area (Å²) >= 11 is 1.79. The van der Waals surface area contributed by atoms with E-state index in [4.69, 9.17) is 9.47 Å². The van der Waals surface area contributed by atoms with Gasteiger partial charge in [0.05, 0.1) is 19.3 Å². The molecule has 1 aliphatic rings. The fraction of sp³-hybridized carbons (Fsp3) is 0.632. The molecule has 1 aromatic rings. The van der Waals surface area contributed by atoms with Crippen molar-refractivity contribution in [2.24, 2.45) is 4.99 Å². The number of hydrogen-bond donors (Lipinski definition) is 3. The Bertz CT molecular complexity index is 552. The predicted octanol–water partition coefficient (Wildman–Crippen LogP) is 2.64. The fourth-order valence-corrected chi connectivity index (χ4v) is 3.88. The van der Waals surface area contributed by atoms with E-state index in [0.29, 0.717) is 13.1 Å². The standard InChI is InChI=1S/C19H31N3O3S.HI/c1-3-25-11-4-10-20-18(22-14-19(23)9-12-26-15-19)21-13-16-5-7-17(24-2)8-6-16;/h5-8,23H,3-4,9-15H2,1-2H3,(H2,20,21,22);1H. The number of guanidine groups is 1. The maximum absolute atomic E-state index is 10.5. The smallest absolute Gasteiger partial charge is 0.191 e. The molecule has 1 atom stereocenters. The van der Waals surface area contributed by atoms with Gasteiger partial charge in [-0.2, -0.15) is 11.8 Å². The van der Waals surface area contributed by atoms with Crippen LogP contribution in [0.2, 0.25) is 0 Å². The third-order valence-electron chi connectivity index (χ3n) is 4.21. The molecule has 27 heavy (non-hydrogen) atoms. The molecule has 1 fully saturated rings. The highest BCUT2D eigenvalue weighted by Crippen LogP contribution is 2.26. The van der Waals surface area contributed by atoms with Crippen LogP contribution in [0.4, 0.5) is 0 Å². The molecular formula is C19H32IN3O3S. The first-order chi connectivity index (χ1) is 12.6. The largest absolute Gasteiger partial charge is 0.497 e. The molecule has 1 unspecified atom stereocenters. The molecule has 0 bridgehead atoms. The van der Waals surface area contributed by atoms with Crippen LogP contribution in [0.25, 0.3) is 0 Å². The lowest BCUT2D eigenvalue weighted by Crippen LogP contribution is -2.47. The highest BCUT2D eigenvalue weighted by Gasteiger charge is 2.31. The zero-order valence-electron chi connectivity index (χ0n) is 16.2. The van der Waals surface area contributed by atoms with Crippen LogP contribution in [0.3, 0.4) is 0 Å².